The molecule has 0 aliphatic heterocycles. The van der Waals surface area contributed by atoms with Crippen molar-refractivity contribution in [1.29, 1.82) is 0 Å². The van der Waals surface area contributed by atoms with E-state index in [1.54, 1.807) is 0 Å². The largest absolute Gasteiger partial charge is 0.330 e. The summed E-state index contributed by atoms with van der Waals surface area (Å²) in [5.74, 6) is -1.21. The molecule has 78 valence electrons. The van der Waals surface area contributed by atoms with Gasteiger partial charge in [-0.2, -0.15) is 0 Å². The number of hydrogen-bond donors (Lipinski definition) is 0. The Balaban J connectivity index is 4.33. The van der Waals surface area contributed by atoms with Crippen LogP contribution in [0.4, 0.5) is 0 Å². The molecule has 4 nitrogen and oxygen atoms in total. The first-order valence-electron chi connectivity index (χ1n) is 4.42. The van der Waals surface area contributed by atoms with E-state index in [9.17, 15) is 4.79 Å². The summed E-state index contributed by atoms with van der Waals surface area (Å²) < 4.78 is 15.6. The van der Waals surface area contributed by atoms with E-state index in [1.807, 2.05) is 13.8 Å². The Labute approximate surface area is 79.2 Å². The predicted molar refractivity (Wildman–Crippen MR) is 48.3 cm³/mol. The first-order valence-corrected chi connectivity index (χ1v) is 4.42. The number of rotatable bonds is 7. The third kappa shape index (κ3) is 4.36. The Kier molecular flexibility index (Phi) is 5.86. The monoisotopic (exact) mass is 190 g/mol. The molecule has 0 unspecified atom stereocenters. The molecular weight excluding hydrogens is 172 g/mol. The number of Topliss-reactive ketones (excluding diaryl/α,β-unsaturated/α-hetero) is 1. The molecule has 0 aromatic rings. The quantitative estimate of drug-likeness (QED) is 0.568. The van der Waals surface area contributed by atoms with Gasteiger partial charge in [-0.15, -0.1) is 0 Å². The second-order valence-corrected chi connectivity index (χ2v) is 2.63. The molecule has 0 radical (unpaired) electrons. The van der Waals surface area contributed by atoms with Crippen LogP contribution in [-0.2, 0) is 19.0 Å². The number of ketones is 1. The van der Waals surface area contributed by atoms with E-state index < -0.39 is 5.97 Å². The van der Waals surface area contributed by atoms with Gasteiger partial charge in [-0.3, -0.25) is 4.79 Å². The molecule has 0 atom stereocenters. The molecule has 0 spiro atoms. The number of methoxy groups -OCH3 is 1. The Morgan fingerprint density at radius 1 is 1.23 bits per heavy atom. The minimum Gasteiger partial charge on any atom is -0.330 e. The minimum absolute atomic E-state index is 0.0243. The van der Waals surface area contributed by atoms with Crippen molar-refractivity contribution in [3.8, 4) is 0 Å². The fourth-order valence-corrected chi connectivity index (χ4v) is 1.08. The molecule has 0 saturated heterocycles. The highest BCUT2D eigenvalue weighted by molar-refractivity contribution is 5.76. The van der Waals surface area contributed by atoms with Crippen molar-refractivity contribution in [2.45, 2.75) is 33.2 Å². The smallest absolute Gasteiger partial charge is 0.289 e. The second kappa shape index (κ2) is 6.07. The highest BCUT2D eigenvalue weighted by Gasteiger charge is 2.33. The molecule has 0 N–H and O–H groups in total. The Bertz CT molecular complexity index is 150. The van der Waals surface area contributed by atoms with Crippen molar-refractivity contribution in [1.82, 2.24) is 0 Å². The lowest BCUT2D eigenvalue weighted by Crippen LogP contribution is -2.40. The number of carbonyl (C=O) groups excluding carboxylic acids is 1. The van der Waals surface area contributed by atoms with Crippen LogP contribution in [0.25, 0.3) is 0 Å². The van der Waals surface area contributed by atoms with Crippen LogP contribution in [0.2, 0.25) is 0 Å². The van der Waals surface area contributed by atoms with Gasteiger partial charge in [0.25, 0.3) is 5.97 Å². The van der Waals surface area contributed by atoms with Crippen LogP contribution < -0.4 is 0 Å². The normalized spacial score (nSPS) is 11.7. The average Bonchev–Trinajstić information content (AvgIpc) is 2.04. The molecule has 0 aromatic heterocycles. The van der Waals surface area contributed by atoms with Gasteiger partial charge in [-0.25, -0.2) is 0 Å². The molecule has 0 aliphatic rings. The van der Waals surface area contributed by atoms with Crippen LogP contribution in [0.15, 0.2) is 0 Å². The van der Waals surface area contributed by atoms with Gasteiger partial charge in [0.1, 0.15) is 5.78 Å². The van der Waals surface area contributed by atoms with Gasteiger partial charge in [0, 0.05) is 20.3 Å². The van der Waals surface area contributed by atoms with E-state index in [0.717, 1.165) is 0 Å². The maximum Gasteiger partial charge on any atom is 0.289 e. The molecule has 4 heteroatoms. The van der Waals surface area contributed by atoms with Crippen LogP contribution >= 0.6 is 0 Å². The number of ether oxygens (including phenoxy) is 3. The zero-order valence-electron chi connectivity index (χ0n) is 8.75. The standard InChI is InChI=1S/C9H18O4/c1-5-12-9(11-4,13-6-2)7-8(3)10/h5-7H2,1-4H3. The maximum atomic E-state index is 10.9. The molecule has 13 heavy (non-hydrogen) atoms. The Morgan fingerprint density at radius 2 is 1.69 bits per heavy atom. The Hall–Kier alpha value is -0.450. The number of hydrogen-bond acceptors (Lipinski definition) is 4. The van der Waals surface area contributed by atoms with Gasteiger partial charge in [0.05, 0.1) is 6.42 Å². The molecule has 0 aliphatic carbocycles. The topological polar surface area (TPSA) is 44.8 Å². The third-order valence-corrected chi connectivity index (χ3v) is 1.50. The zero-order valence-corrected chi connectivity index (χ0v) is 8.75. The van der Waals surface area contributed by atoms with E-state index in [-0.39, 0.29) is 12.2 Å². The molecule has 0 saturated carbocycles. The summed E-state index contributed by atoms with van der Waals surface area (Å²) in [5, 5.41) is 0. The third-order valence-electron chi connectivity index (χ3n) is 1.50. The van der Waals surface area contributed by atoms with Crippen molar-refractivity contribution in [3.63, 3.8) is 0 Å². The summed E-state index contributed by atoms with van der Waals surface area (Å²) in [5.41, 5.74) is 0. The number of carbonyl (C=O) groups is 1. The van der Waals surface area contributed by atoms with Crippen LogP contribution in [0, 0.1) is 0 Å². The molecule has 0 amide bonds. The molecule has 0 fully saturated rings. The van der Waals surface area contributed by atoms with Gasteiger partial charge < -0.3 is 14.2 Å². The van der Waals surface area contributed by atoms with Crippen LogP contribution in [0.5, 0.6) is 0 Å². The fraction of sp³-hybridized carbons (Fsp3) is 0.889. The summed E-state index contributed by atoms with van der Waals surface area (Å²) in [6.07, 6.45) is 0.116. The van der Waals surface area contributed by atoms with Crippen molar-refractivity contribution < 1.29 is 19.0 Å². The van der Waals surface area contributed by atoms with Crippen molar-refractivity contribution >= 4 is 5.78 Å². The molecule has 0 bridgehead atoms. The maximum absolute atomic E-state index is 10.9. The molecule has 0 heterocycles. The summed E-state index contributed by atoms with van der Waals surface area (Å²) in [6.45, 7) is 6.02. The van der Waals surface area contributed by atoms with E-state index in [4.69, 9.17) is 14.2 Å². The first kappa shape index (κ1) is 12.6. The van der Waals surface area contributed by atoms with Gasteiger partial charge >= 0.3 is 0 Å². The summed E-state index contributed by atoms with van der Waals surface area (Å²) >= 11 is 0. The zero-order chi connectivity index (χ0) is 10.3. The highest BCUT2D eigenvalue weighted by Crippen LogP contribution is 2.19. The SMILES string of the molecule is CCOC(CC(C)=O)(OC)OCC. The summed E-state index contributed by atoms with van der Waals surface area (Å²) in [4.78, 5) is 10.9. The minimum atomic E-state index is -1.19. The van der Waals surface area contributed by atoms with Gasteiger partial charge in [0.2, 0.25) is 0 Å². The van der Waals surface area contributed by atoms with Crippen molar-refractivity contribution in [2.24, 2.45) is 0 Å². The molecule has 0 rings (SSSR count). The summed E-state index contributed by atoms with van der Waals surface area (Å²) in [6, 6.07) is 0. The van der Waals surface area contributed by atoms with Crippen molar-refractivity contribution in [3.05, 3.63) is 0 Å². The van der Waals surface area contributed by atoms with E-state index in [2.05, 4.69) is 0 Å². The first-order chi connectivity index (χ1) is 6.10. The lowest BCUT2D eigenvalue weighted by atomic mass is 10.2. The second-order valence-electron chi connectivity index (χ2n) is 2.63. The van der Waals surface area contributed by atoms with Gasteiger partial charge in [0.15, 0.2) is 0 Å². The lowest BCUT2D eigenvalue weighted by Gasteiger charge is -2.30. The van der Waals surface area contributed by atoms with Crippen LogP contribution in [0.3, 0.4) is 0 Å². The summed E-state index contributed by atoms with van der Waals surface area (Å²) in [7, 11) is 1.47. The highest BCUT2D eigenvalue weighted by atomic mass is 16.9. The Morgan fingerprint density at radius 3 is 1.92 bits per heavy atom. The molecule has 0 aromatic carbocycles. The van der Waals surface area contributed by atoms with E-state index in [1.165, 1.54) is 14.0 Å². The van der Waals surface area contributed by atoms with E-state index >= 15 is 0 Å². The lowest BCUT2D eigenvalue weighted by molar-refractivity contribution is -0.366. The van der Waals surface area contributed by atoms with E-state index in [0.29, 0.717) is 13.2 Å². The van der Waals surface area contributed by atoms with Crippen LogP contribution in [0.1, 0.15) is 27.2 Å². The van der Waals surface area contributed by atoms with Gasteiger partial charge in [-0.05, 0) is 20.8 Å². The van der Waals surface area contributed by atoms with Gasteiger partial charge in [-0.1, -0.05) is 0 Å². The van der Waals surface area contributed by atoms with Crippen molar-refractivity contribution in [2.75, 3.05) is 20.3 Å². The predicted octanol–water partition coefficient (Wildman–Crippen LogP) is 1.34. The molecular formula is C9H18O4. The average molecular weight is 190 g/mol. The fourth-order valence-electron chi connectivity index (χ4n) is 1.08. The van der Waals surface area contributed by atoms with Crippen LogP contribution in [-0.4, -0.2) is 32.1 Å².